The van der Waals surface area contributed by atoms with Crippen molar-refractivity contribution in [3.05, 3.63) is 35.9 Å². The van der Waals surface area contributed by atoms with Crippen molar-refractivity contribution in [1.29, 1.82) is 0 Å². The van der Waals surface area contributed by atoms with Crippen molar-refractivity contribution in [3.63, 3.8) is 0 Å². The highest BCUT2D eigenvalue weighted by molar-refractivity contribution is 5.78. The number of nitrogens with two attached hydrogens (primary N) is 1. The molecule has 1 amide bonds. The first kappa shape index (κ1) is 12.7. The topological polar surface area (TPSA) is 55.1 Å². The van der Waals surface area contributed by atoms with E-state index in [0.717, 1.165) is 5.56 Å². The molecule has 1 aromatic carbocycles. The van der Waals surface area contributed by atoms with Crippen LogP contribution in [0.25, 0.3) is 0 Å². The van der Waals surface area contributed by atoms with Crippen LogP contribution in [-0.2, 0) is 11.2 Å². The molecule has 1 rings (SSSR count). The zero-order valence-electron chi connectivity index (χ0n) is 9.94. The second kappa shape index (κ2) is 6.28. The van der Waals surface area contributed by atoms with Gasteiger partial charge >= 0.3 is 0 Å². The summed E-state index contributed by atoms with van der Waals surface area (Å²) in [7, 11) is 0. The van der Waals surface area contributed by atoms with Gasteiger partial charge in [-0.3, -0.25) is 4.79 Å². The Morgan fingerprint density at radius 2 is 1.94 bits per heavy atom. The molecule has 1 aromatic rings. The normalized spacial score (nSPS) is 12.5. The standard InChI is InChI=1S/C13H20N2O/c1-10(2)12(9-14)15-13(16)8-11-6-4-3-5-7-11/h3-7,10,12H,8-9,14H2,1-2H3,(H,15,16). The van der Waals surface area contributed by atoms with E-state index in [4.69, 9.17) is 5.73 Å². The third-order valence-electron chi connectivity index (χ3n) is 2.61. The number of rotatable bonds is 5. The van der Waals surface area contributed by atoms with Gasteiger partial charge in [0, 0.05) is 12.6 Å². The molecular formula is C13H20N2O. The van der Waals surface area contributed by atoms with Crippen molar-refractivity contribution < 1.29 is 4.79 Å². The Morgan fingerprint density at radius 1 is 1.31 bits per heavy atom. The first-order valence-electron chi connectivity index (χ1n) is 5.67. The van der Waals surface area contributed by atoms with Crippen molar-refractivity contribution in [1.82, 2.24) is 5.32 Å². The molecule has 0 heterocycles. The molecule has 1 atom stereocenters. The van der Waals surface area contributed by atoms with Crippen LogP contribution in [0.4, 0.5) is 0 Å². The molecule has 3 nitrogen and oxygen atoms in total. The number of carbonyl (C=O) groups excluding carboxylic acids is 1. The van der Waals surface area contributed by atoms with Gasteiger partial charge in [-0.05, 0) is 11.5 Å². The zero-order valence-corrected chi connectivity index (χ0v) is 9.94. The van der Waals surface area contributed by atoms with Gasteiger partial charge in [0.1, 0.15) is 0 Å². The van der Waals surface area contributed by atoms with E-state index in [1.807, 2.05) is 30.3 Å². The van der Waals surface area contributed by atoms with Crippen LogP contribution < -0.4 is 11.1 Å². The lowest BCUT2D eigenvalue weighted by molar-refractivity contribution is -0.121. The number of carbonyl (C=O) groups is 1. The summed E-state index contributed by atoms with van der Waals surface area (Å²) in [6, 6.07) is 9.78. The Kier molecular flexibility index (Phi) is 4.99. The van der Waals surface area contributed by atoms with E-state index in [0.29, 0.717) is 18.9 Å². The highest BCUT2D eigenvalue weighted by Gasteiger charge is 2.14. The van der Waals surface area contributed by atoms with E-state index in [2.05, 4.69) is 19.2 Å². The lowest BCUT2D eigenvalue weighted by atomic mass is 10.0. The molecule has 0 aliphatic carbocycles. The highest BCUT2D eigenvalue weighted by atomic mass is 16.1. The van der Waals surface area contributed by atoms with Gasteiger partial charge in [-0.1, -0.05) is 44.2 Å². The molecule has 0 aliphatic rings. The van der Waals surface area contributed by atoms with E-state index in [1.54, 1.807) is 0 Å². The van der Waals surface area contributed by atoms with Gasteiger partial charge < -0.3 is 11.1 Å². The number of benzene rings is 1. The van der Waals surface area contributed by atoms with E-state index < -0.39 is 0 Å². The summed E-state index contributed by atoms with van der Waals surface area (Å²) in [5.41, 5.74) is 6.63. The minimum atomic E-state index is 0.0374. The maximum Gasteiger partial charge on any atom is 0.224 e. The predicted octanol–water partition coefficient (Wildman–Crippen LogP) is 1.33. The molecule has 16 heavy (non-hydrogen) atoms. The Hall–Kier alpha value is -1.35. The molecular weight excluding hydrogens is 200 g/mol. The fraction of sp³-hybridized carbons (Fsp3) is 0.462. The van der Waals surface area contributed by atoms with E-state index in [9.17, 15) is 4.79 Å². The molecule has 0 aliphatic heterocycles. The van der Waals surface area contributed by atoms with Crippen molar-refractivity contribution in [2.24, 2.45) is 11.7 Å². The van der Waals surface area contributed by atoms with E-state index in [1.165, 1.54) is 0 Å². The molecule has 3 N–H and O–H groups in total. The lowest BCUT2D eigenvalue weighted by Gasteiger charge is -2.20. The SMILES string of the molecule is CC(C)C(CN)NC(=O)Cc1ccccc1. The van der Waals surface area contributed by atoms with Gasteiger partial charge in [0.2, 0.25) is 5.91 Å². The Morgan fingerprint density at radius 3 is 2.44 bits per heavy atom. The second-order valence-electron chi connectivity index (χ2n) is 4.32. The Balaban J connectivity index is 2.47. The summed E-state index contributed by atoms with van der Waals surface area (Å²) in [5.74, 6) is 0.403. The smallest absolute Gasteiger partial charge is 0.224 e. The van der Waals surface area contributed by atoms with Crippen LogP contribution in [0, 0.1) is 5.92 Å². The van der Waals surface area contributed by atoms with Crippen LogP contribution in [0.15, 0.2) is 30.3 Å². The third kappa shape index (κ3) is 4.03. The second-order valence-corrected chi connectivity index (χ2v) is 4.32. The monoisotopic (exact) mass is 220 g/mol. The number of hydrogen-bond donors (Lipinski definition) is 2. The molecule has 0 radical (unpaired) electrons. The Labute approximate surface area is 97.0 Å². The van der Waals surface area contributed by atoms with Gasteiger partial charge in [0.25, 0.3) is 0 Å². The Bertz CT molecular complexity index is 322. The van der Waals surface area contributed by atoms with Crippen molar-refractivity contribution in [3.8, 4) is 0 Å². The largest absolute Gasteiger partial charge is 0.352 e. The minimum Gasteiger partial charge on any atom is -0.352 e. The van der Waals surface area contributed by atoms with Crippen LogP contribution in [0.3, 0.4) is 0 Å². The summed E-state index contributed by atoms with van der Waals surface area (Å²) < 4.78 is 0. The zero-order chi connectivity index (χ0) is 12.0. The summed E-state index contributed by atoms with van der Waals surface area (Å²) in [5, 5.41) is 2.95. The molecule has 1 unspecified atom stereocenters. The molecule has 0 aromatic heterocycles. The summed E-state index contributed by atoms with van der Waals surface area (Å²) in [6.07, 6.45) is 0.421. The van der Waals surface area contributed by atoms with Crippen LogP contribution in [0.2, 0.25) is 0 Å². The fourth-order valence-corrected chi connectivity index (χ4v) is 1.54. The van der Waals surface area contributed by atoms with Gasteiger partial charge in [0.05, 0.1) is 6.42 Å². The number of nitrogens with one attached hydrogen (secondary N) is 1. The van der Waals surface area contributed by atoms with Gasteiger partial charge in [0.15, 0.2) is 0 Å². The molecule has 0 fully saturated rings. The maximum atomic E-state index is 11.7. The fourth-order valence-electron chi connectivity index (χ4n) is 1.54. The molecule has 88 valence electrons. The molecule has 0 spiro atoms. The molecule has 0 bridgehead atoms. The maximum absolute atomic E-state index is 11.7. The summed E-state index contributed by atoms with van der Waals surface area (Å²) in [6.45, 7) is 4.60. The first-order chi connectivity index (χ1) is 7.63. The van der Waals surface area contributed by atoms with Crippen molar-refractivity contribution in [2.45, 2.75) is 26.3 Å². The predicted molar refractivity (Wildman–Crippen MR) is 66.0 cm³/mol. The van der Waals surface area contributed by atoms with Crippen LogP contribution in [0.5, 0.6) is 0 Å². The van der Waals surface area contributed by atoms with Crippen molar-refractivity contribution in [2.75, 3.05) is 6.54 Å². The van der Waals surface area contributed by atoms with E-state index in [-0.39, 0.29) is 11.9 Å². The van der Waals surface area contributed by atoms with Gasteiger partial charge in [-0.25, -0.2) is 0 Å². The molecule has 3 heteroatoms. The van der Waals surface area contributed by atoms with Gasteiger partial charge in [-0.15, -0.1) is 0 Å². The lowest BCUT2D eigenvalue weighted by Crippen LogP contribution is -2.44. The van der Waals surface area contributed by atoms with Crippen LogP contribution in [0.1, 0.15) is 19.4 Å². The third-order valence-corrected chi connectivity index (χ3v) is 2.61. The molecule has 0 saturated carbocycles. The van der Waals surface area contributed by atoms with Crippen molar-refractivity contribution >= 4 is 5.91 Å². The number of amides is 1. The van der Waals surface area contributed by atoms with Crippen LogP contribution >= 0.6 is 0 Å². The highest BCUT2D eigenvalue weighted by Crippen LogP contribution is 2.02. The van der Waals surface area contributed by atoms with Gasteiger partial charge in [-0.2, -0.15) is 0 Å². The average molecular weight is 220 g/mol. The van der Waals surface area contributed by atoms with Crippen LogP contribution in [-0.4, -0.2) is 18.5 Å². The molecule has 0 saturated heterocycles. The first-order valence-corrected chi connectivity index (χ1v) is 5.67. The summed E-state index contributed by atoms with van der Waals surface area (Å²) >= 11 is 0. The minimum absolute atomic E-state index is 0.0374. The quantitative estimate of drug-likeness (QED) is 0.786. The summed E-state index contributed by atoms with van der Waals surface area (Å²) in [4.78, 5) is 11.7. The average Bonchev–Trinajstić information content (AvgIpc) is 2.27. The van der Waals surface area contributed by atoms with E-state index >= 15 is 0 Å². The number of hydrogen-bond acceptors (Lipinski definition) is 2.